The van der Waals surface area contributed by atoms with Crippen LogP contribution in [0.25, 0.3) is 11.3 Å². The van der Waals surface area contributed by atoms with Gasteiger partial charge in [0, 0.05) is 47.6 Å². The normalized spacial score (nSPS) is 21.5. The number of nitrogens with one attached hydrogen (secondary N) is 2. The molecule has 6 nitrogen and oxygen atoms in total. The van der Waals surface area contributed by atoms with E-state index in [1.165, 1.54) is 6.20 Å². The van der Waals surface area contributed by atoms with Crippen LogP contribution in [0.1, 0.15) is 24.7 Å². The zero-order valence-corrected chi connectivity index (χ0v) is 17.4. The molecule has 3 atom stereocenters. The average molecular weight is 499 g/mol. The Morgan fingerprint density at radius 2 is 1.93 bits per heavy atom. The summed E-state index contributed by atoms with van der Waals surface area (Å²) in [5.74, 6) is -1.56. The maximum atomic E-state index is 13.6. The molecule has 3 unspecified atom stereocenters. The first-order chi connectivity index (χ1) is 13.1. The van der Waals surface area contributed by atoms with Crippen LogP contribution in [0, 0.1) is 0 Å². The van der Waals surface area contributed by atoms with Gasteiger partial charge in [0.15, 0.2) is 0 Å². The Bertz CT molecular complexity index is 858. The van der Waals surface area contributed by atoms with Crippen molar-refractivity contribution in [1.29, 1.82) is 0 Å². The molecule has 2 aromatic rings. The summed E-state index contributed by atoms with van der Waals surface area (Å²) in [6, 6.07) is 0.627. The Kier molecular flexibility index (Phi) is 7.52. The van der Waals surface area contributed by atoms with Crippen LogP contribution in [0.5, 0.6) is 0 Å². The van der Waals surface area contributed by atoms with Crippen molar-refractivity contribution >= 4 is 34.2 Å². The molecule has 3 heterocycles. The summed E-state index contributed by atoms with van der Waals surface area (Å²) in [7, 11) is 0. The minimum atomic E-state index is -4.62. The molecule has 29 heavy (non-hydrogen) atoms. The van der Waals surface area contributed by atoms with Crippen molar-refractivity contribution in [1.82, 2.24) is 25.6 Å². The Balaban J connectivity index is 0.00000300. The zero-order chi connectivity index (χ0) is 20.5. The first-order valence-corrected chi connectivity index (χ1v) is 9.16. The average Bonchev–Trinajstić information content (AvgIpc) is 2.99. The van der Waals surface area contributed by atoms with Crippen LogP contribution in [0.3, 0.4) is 0 Å². The van der Waals surface area contributed by atoms with Gasteiger partial charge in [0.1, 0.15) is 6.17 Å². The fourth-order valence-electron chi connectivity index (χ4n) is 2.79. The van der Waals surface area contributed by atoms with Crippen molar-refractivity contribution in [2.75, 3.05) is 0 Å². The van der Waals surface area contributed by atoms with Gasteiger partial charge in [-0.15, -0.1) is 12.4 Å². The van der Waals surface area contributed by atoms with Crippen LogP contribution in [0.15, 0.2) is 29.1 Å². The van der Waals surface area contributed by atoms with Crippen LogP contribution in [-0.4, -0.2) is 39.1 Å². The highest BCUT2D eigenvalue weighted by molar-refractivity contribution is 9.10. The second kappa shape index (κ2) is 9.31. The van der Waals surface area contributed by atoms with E-state index in [4.69, 9.17) is 0 Å². The van der Waals surface area contributed by atoms with E-state index in [0.29, 0.717) is 21.3 Å². The Hall–Kier alpha value is -1.85. The van der Waals surface area contributed by atoms with Crippen LogP contribution in [0.4, 0.5) is 17.6 Å². The summed E-state index contributed by atoms with van der Waals surface area (Å²) in [6.45, 7) is 1.82. The van der Waals surface area contributed by atoms with Gasteiger partial charge in [-0.2, -0.15) is 13.2 Å². The molecule has 0 aliphatic carbocycles. The predicted molar refractivity (Wildman–Crippen MR) is 103 cm³/mol. The molecule has 3 rings (SSSR count). The van der Waals surface area contributed by atoms with Gasteiger partial charge in [0.2, 0.25) is 11.7 Å². The number of nitrogens with zero attached hydrogens (tertiary/aromatic N) is 3. The third-order valence-electron chi connectivity index (χ3n) is 4.37. The number of alkyl halides is 4. The molecular weight excluding hydrogens is 482 g/mol. The first kappa shape index (κ1) is 23.4. The number of hydrogen-bond donors (Lipinski definition) is 2. The lowest BCUT2D eigenvalue weighted by atomic mass is 10.1. The summed E-state index contributed by atoms with van der Waals surface area (Å²) in [5.41, 5.74) is 1.32. The van der Waals surface area contributed by atoms with Crippen LogP contribution < -0.4 is 10.6 Å². The lowest BCUT2D eigenvalue weighted by Crippen LogP contribution is -2.42. The molecule has 2 aromatic heterocycles. The van der Waals surface area contributed by atoms with Crippen molar-refractivity contribution in [2.24, 2.45) is 0 Å². The highest BCUT2D eigenvalue weighted by Crippen LogP contribution is 2.27. The number of carbonyl (C=O) groups is 1. The third kappa shape index (κ3) is 5.61. The number of halogens is 6. The van der Waals surface area contributed by atoms with Gasteiger partial charge in [-0.25, -0.2) is 14.4 Å². The van der Waals surface area contributed by atoms with Gasteiger partial charge in [0.25, 0.3) is 0 Å². The molecule has 0 spiro atoms. The summed E-state index contributed by atoms with van der Waals surface area (Å²) in [6.07, 6.45) is -2.03. The van der Waals surface area contributed by atoms with Gasteiger partial charge in [0.05, 0.1) is 11.7 Å². The third-order valence-corrected chi connectivity index (χ3v) is 5.09. The standard InChI is InChI=1S/C17H16BrF4N5O.ClH/c1-8-12(19)3-14(27-8)15(28)24-4-9-2-13(23-7-11(9)18)10-5-25-16(26-6-10)17(20,21)22;/h2,5-8,12,14,27H,3-4H2,1H3,(H,24,28);1H. The number of hydrogen-bond acceptors (Lipinski definition) is 5. The monoisotopic (exact) mass is 497 g/mol. The van der Waals surface area contributed by atoms with E-state index in [2.05, 4.69) is 41.5 Å². The second-order valence-corrected chi connectivity index (χ2v) is 7.29. The van der Waals surface area contributed by atoms with E-state index in [9.17, 15) is 22.4 Å². The van der Waals surface area contributed by atoms with Crippen molar-refractivity contribution < 1.29 is 22.4 Å². The summed E-state index contributed by atoms with van der Waals surface area (Å²) >= 11 is 3.32. The fraction of sp³-hybridized carbons (Fsp3) is 0.412. The fourth-order valence-corrected chi connectivity index (χ4v) is 3.14. The number of amides is 1. The van der Waals surface area contributed by atoms with E-state index in [0.717, 1.165) is 12.4 Å². The quantitative estimate of drug-likeness (QED) is 0.632. The van der Waals surface area contributed by atoms with E-state index in [-0.39, 0.29) is 37.3 Å². The van der Waals surface area contributed by atoms with Gasteiger partial charge in [-0.3, -0.25) is 9.78 Å². The van der Waals surface area contributed by atoms with E-state index >= 15 is 0 Å². The summed E-state index contributed by atoms with van der Waals surface area (Å²) < 4.78 is 51.9. The molecule has 1 aliphatic heterocycles. The van der Waals surface area contributed by atoms with Gasteiger partial charge >= 0.3 is 6.18 Å². The topological polar surface area (TPSA) is 79.8 Å². The van der Waals surface area contributed by atoms with Gasteiger partial charge < -0.3 is 10.6 Å². The van der Waals surface area contributed by atoms with E-state index in [1.807, 2.05) is 0 Å². The highest BCUT2D eigenvalue weighted by atomic mass is 79.9. The highest BCUT2D eigenvalue weighted by Gasteiger charge is 2.35. The maximum absolute atomic E-state index is 13.6. The van der Waals surface area contributed by atoms with Crippen molar-refractivity contribution in [3.8, 4) is 11.3 Å². The molecule has 12 heteroatoms. The molecule has 0 bridgehead atoms. The Labute approximate surface area is 178 Å². The summed E-state index contributed by atoms with van der Waals surface area (Å²) in [4.78, 5) is 23.0. The maximum Gasteiger partial charge on any atom is 0.451 e. The second-order valence-electron chi connectivity index (χ2n) is 6.43. The first-order valence-electron chi connectivity index (χ1n) is 8.37. The molecular formula is C17H17BrClF4N5O. The molecule has 0 saturated carbocycles. The lowest BCUT2D eigenvalue weighted by molar-refractivity contribution is -0.145. The number of rotatable bonds is 4. The van der Waals surface area contributed by atoms with Crippen LogP contribution >= 0.6 is 28.3 Å². The molecule has 158 valence electrons. The number of carbonyl (C=O) groups excluding carboxylic acids is 1. The predicted octanol–water partition coefficient (Wildman–Crippen LogP) is 3.45. The molecule has 0 aromatic carbocycles. The van der Waals surface area contributed by atoms with Crippen LogP contribution in [-0.2, 0) is 17.5 Å². The summed E-state index contributed by atoms with van der Waals surface area (Å²) in [5, 5.41) is 5.61. The Morgan fingerprint density at radius 3 is 2.48 bits per heavy atom. The molecule has 1 fully saturated rings. The van der Waals surface area contributed by atoms with Gasteiger partial charge in [-0.1, -0.05) is 0 Å². The van der Waals surface area contributed by atoms with E-state index < -0.39 is 24.2 Å². The molecule has 2 N–H and O–H groups in total. The smallest absolute Gasteiger partial charge is 0.351 e. The Morgan fingerprint density at radius 1 is 1.28 bits per heavy atom. The minimum Gasteiger partial charge on any atom is -0.351 e. The zero-order valence-electron chi connectivity index (χ0n) is 15.0. The molecule has 0 radical (unpaired) electrons. The SMILES string of the molecule is CC1NC(C(=O)NCc2cc(-c3cnc(C(F)(F)F)nc3)ncc2Br)CC1F.Cl. The van der Waals surface area contributed by atoms with Crippen molar-refractivity contribution in [3.63, 3.8) is 0 Å². The molecule has 1 amide bonds. The van der Waals surface area contributed by atoms with Crippen molar-refractivity contribution in [3.05, 3.63) is 40.5 Å². The number of aromatic nitrogens is 3. The largest absolute Gasteiger partial charge is 0.451 e. The minimum absolute atomic E-state index is 0. The van der Waals surface area contributed by atoms with Gasteiger partial charge in [-0.05, 0) is 34.5 Å². The van der Waals surface area contributed by atoms with E-state index in [1.54, 1.807) is 13.0 Å². The molecule has 1 saturated heterocycles. The lowest BCUT2D eigenvalue weighted by Gasteiger charge is -2.13. The molecule has 1 aliphatic rings. The number of pyridine rings is 1. The van der Waals surface area contributed by atoms with Crippen LogP contribution in [0.2, 0.25) is 0 Å². The van der Waals surface area contributed by atoms with Crippen molar-refractivity contribution in [2.45, 2.75) is 44.3 Å².